The average molecular weight is 392 g/mol. The molecule has 0 saturated carbocycles. The molecule has 0 aliphatic heterocycles. The zero-order valence-corrected chi connectivity index (χ0v) is 17.3. The Bertz CT molecular complexity index is 880. The maximum absolute atomic E-state index is 12.5. The molecule has 0 spiro atoms. The van der Waals surface area contributed by atoms with Gasteiger partial charge < -0.3 is 14.8 Å². The molecule has 0 aliphatic rings. The van der Waals surface area contributed by atoms with Gasteiger partial charge in [0.2, 0.25) is 0 Å². The van der Waals surface area contributed by atoms with Crippen LogP contribution in [0, 0.1) is 11.3 Å². The van der Waals surface area contributed by atoms with E-state index in [1.807, 2.05) is 49.4 Å². The molecule has 0 atom stereocenters. The fraction of sp³-hybridized carbons (Fsp3) is 0.333. The van der Waals surface area contributed by atoms with Gasteiger partial charge in [-0.3, -0.25) is 4.79 Å². The number of nitriles is 1. The number of hydrogen-bond acceptors (Lipinski definition) is 4. The molecule has 0 saturated heterocycles. The quantitative estimate of drug-likeness (QED) is 0.335. The largest absolute Gasteiger partial charge is 0.490 e. The standard InChI is InChI=1S/C24H28N2O3/c1-4-7-14-29-22-13-10-19(16-23(22)28-6-3)15-20(17-25)24(27)26-21-11-8-18(5-2)9-12-21/h8-13,15-16H,4-7,14H2,1-3H3,(H,26,27)/b20-15+. The highest BCUT2D eigenvalue weighted by Gasteiger charge is 2.11. The van der Waals surface area contributed by atoms with E-state index >= 15 is 0 Å². The van der Waals surface area contributed by atoms with Crippen molar-refractivity contribution in [3.05, 3.63) is 59.2 Å². The van der Waals surface area contributed by atoms with Gasteiger partial charge in [0.25, 0.3) is 5.91 Å². The Balaban J connectivity index is 2.18. The van der Waals surface area contributed by atoms with Crippen LogP contribution in [0.1, 0.15) is 44.7 Å². The Morgan fingerprint density at radius 1 is 1.07 bits per heavy atom. The first-order valence-corrected chi connectivity index (χ1v) is 10.0. The molecule has 29 heavy (non-hydrogen) atoms. The normalized spacial score (nSPS) is 10.9. The number of anilines is 1. The number of rotatable bonds is 10. The van der Waals surface area contributed by atoms with Crippen molar-refractivity contribution in [3.63, 3.8) is 0 Å². The summed E-state index contributed by atoms with van der Waals surface area (Å²) in [5.74, 6) is 0.819. The number of nitrogens with one attached hydrogen (secondary N) is 1. The van der Waals surface area contributed by atoms with E-state index in [0.29, 0.717) is 36.0 Å². The third-order valence-corrected chi connectivity index (χ3v) is 4.32. The number of aryl methyl sites for hydroxylation is 1. The molecule has 0 unspecified atom stereocenters. The van der Waals surface area contributed by atoms with Crippen molar-refractivity contribution in [2.75, 3.05) is 18.5 Å². The molecule has 0 aliphatic carbocycles. The molecule has 152 valence electrons. The van der Waals surface area contributed by atoms with Gasteiger partial charge in [-0.15, -0.1) is 0 Å². The molecule has 5 nitrogen and oxygen atoms in total. The maximum Gasteiger partial charge on any atom is 0.266 e. The van der Waals surface area contributed by atoms with E-state index in [1.165, 1.54) is 5.56 Å². The lowest BCUT2D eigenvalue weighted by Gasteiger charge is -2.12. The molecule has 2 aromatic carbocycles. The van der Waals surface area contributed by atoms with Crippen LogP contribution >= 0.6 is 0 Å². The third kappa shape index (κ3) is 6.69. The van der Waals surface area contributed by atoms with Crippen LogP contribution in [0.4, 0.5) is 5.69 Å². The smallest absolute Gasteiger partial charge is 0.266 e. The molecule has 1 amide bonds. The van der Waals surface area contributed by atoms with Crippen LogP contribution < -0.4 is 14.8 Å². The first-order valence-electron chi connectivity index (χ1n) is 10.0. The second-order valence-corrected chi connectivity index (χ2v) is 6.52. The number of amides is 1. The first kappa shape index (κ1) is 22.0. The number of unbranched alkanes of at least 4 members (excludes halogenated alkanes) is 1. The Kier molecular flexibility index (Phi) is 8.78. The lowest BCUT2D eigenvalue weighted by atomic mass is 10.1. The SMILES string of the molecule is CCCCOc1ccc(/C=C(\C#N)C(=O)Nc2ccc(CC)cc2)cc1OCC. The Hall–Kier alpha value is -3.26. The zero-order valence-electron chi connectivity index (χ0n) is 17.3. The van der Waals surface area contributed by atoms with Gasteiger partial charge in [-0.1, -0.05) is 38.5 Å². The summed E-state index contributed by atoms with van der Waals surface area (Å²) in [4.78, 5) is 12.5. The number of hydrogen-bond donors (Lipinski definition) is 1. The van der Waals surface area contributed by atoms with Gasteiger partial charge in [-0.2, -0.15) is 5.26 Å². The summed E-state index contributed by atoms with van der Waals surface area (Å²) < 4.78 is 11.4. The van der Waals surface area contributed by atoms with Crippen molar-refractivity contribution in [1.82, 2.24) is 0 Å². The van der Waals surface area contributed by atoms with Gasteiger partial charge >= 0.3 is 0 Å². The highest BCUT2D eigenvalue weighted by molar-refractivity contribution is 6.09. The summed E-state index contributed by atoms with van der Waals surface area (Å²) in [6.45, 7) is 7.19. The summed E-state index contributed by atoms with van der Waals surface area (Å²) >= 11 is 0. The molecule has 0 heterocycles. The van der Waals surface area contributed by atoms with Gasteiger partial charge in [0.15, 0.2) is 11.5 Å². The van der Waals surface area contributed by atoms with Gasteiger partial charge in [-0.25, -0.2) is 0 Å². The van der Waals surface area contributed by atoms with Gasteiger partial charge in [0.1, 0.15) is 11.6 Å². The third-order valence-electron chi connectivity index (χ3n) is 4.32. The highest BCUT2D eigenvalue weighted by atomic mass is 16.5. The van der Waals surface area contributed by atoms with Crippen molar-refractivity contribution in [1.29, 1.82) is 5.26 Å². The fourth-order valence-electron chi connectivity index (χ4n) is 2.67. The summed E-state index contributed by atoms with van der Waals surface area (Å²) in [5, 5.41) is 12.2. The van der Waals surface area contributed by atoms with Gasteiger partial charge in [0.05, 0.1) is 13.2 Å². The van der Waals surface area contributed by atoms with Crippen molar-refractivity contribution in [2.45, 2.75) is 40.0 Å². The number of carbonyl (C=O) groups excluding carboxylic acids is 1. The first-order chi connectivity index (χ1) is 14.1. The Morgan fingerprint density at radius 3 is 2.45 bits per heavy atom. The molecule has 0 fully saturated rings. The zero-order chi connectivity index (χ0) is 21.1. The van der Waals surface area contributed by atoms with Crippen LogP contribution in [0.3, 0.4) is 0 Å². The molecule has 5 heteroatoms. The van der Waals surface area contributed by atoms with Crippen LogP contribution in [0.25, 0.3) is 6.08 Å². The minimum atomic E-state index is -0.446. The van der Waals surface area contributed by atoms with E-state index in [9.17, 15) is 10.1 Å². The Morgan fingerprint density at radius 2 is 1.83 bits per heavy atom. The van der Waals surface area contributed by atoms with E-state index in [1.54, 1.807) is 12.1 Å². The van der Waals surface area contributed by atoms with Crippen molar-refractivity contribution in [2.24, 2.45) is 0 Å². The summed E-state index contributed by atoms with van der Waals surface area (Å²) in [6.07, 6.45) is 4.49. The second-order valence-electron chi connectivity index (χ2n) is 6.52. The maximum atomic E-state index is 12.5. The molecular formula is C24H28N2O3. The van der Waals surface area contributed by atoms with E-state index in [2.05, 4.69) is 19.2 Å². The second kappa shape index (κ2) is 11.6. The molecule has 0 bridgehead atoms. The summed E-state index contributed by atoms with van der Waals surface area (Å²) in [5.41, 5.74) is 2.56. The highest BCUT2D eigenvalue weighted by Crippen LogP contribution is 2.29. The molecular weight excluding hydrogens is 364 g/mol. The molecule has 0 aromatic heterocycles. The molecule has 2 rings (SSSR count). The van der Waals surface area contributed by atoms with E-state index in [4.69, 9.17) is 9.47 Å². The molecule has 1 N–H and O–H groups in total. The van der Waals surface area contributed by atoms with Crippen LogP contribution in [0.5, 0.6) is 11.5 Å². The number of benzene rings is 2. The predicted molar refractivity (Wildman–Crippen MR) is 116 cm³/mol. The Labute approximate surface area is 173 Å². The van der Waals surface area contributed by atoms with Crippen LogP contribution in [-0.2, 0) is 11.2 Å². The molecule has 2 aromatic rings. The van der Waals surface area contributed by atoms with E-state index < -0.39 is 5.91 Å². The van der Waals surface area contributed by atoms with Crippen molar-refractivity contribution in [3.8, 4) is 17.6 Å². The molecule has 0 radical (unpaired) electrons. The van der Waals surface area contributed by atoms with Crippen LogP contribution in [-0.4, -0.2) is 19.1 Å². The van der Waals surface area contributed by atoms with Crippen LogP contribution in [0.2, 0.25) is 0 Å². The monoisotopic (exact) mass is 392 g/mol. The predicted octanol–water partition coefficient (Wildman–Crippen LogP) is 5.37. The summed E-state index contributed by atoms with van der Waals surface area (Å²) in [6, 6.07) is 15.0. The van der Waals surface area contributed by atoms with Crippen molar-refractivity contribution < 1.29 is 14.3 Å². The van der Waals surface area contributed by atoms with E-state index in [-0.39, 0.29) is 5.57 Å². The average Bonchev–Trinajstić information content (AvgIpc) is 2.74. The van der Waals surface area contributed by atoms with E-state index in [0.717, 1.165) is 19.3 Å². The van der Waals surface area contributed by atoms with Crippen LogP contribution in [0.15, 0.2) is 48.0 Å². The number of nitrogens with zero attached hydrogens (tertiary/aromatic N) is 1. The minimum Gasteiger partial charge on any atom is -0.490 e. The van der Waals surface area contributed by atoms with Gasteiger partial charge in [0, 0.05) is 5.69 Å². The van der Waals surface area contributed by atoms with Crippen molar-refractivity contribution >= 4 is 17.7 Å². The topological polar surface area (TPSA) is 71.3 Å². The van der Waals surface area contributed by atoms with Gasteiger partial charge in [-0.05, 0) is 61.2 Å². The summed E-state index contributed by atoms with van der Waals surface area (Å²) in [7, 11) is 0. The fourth-order valence-corrected chi connectivity index (χ4v) is 2.67. The number of ether oxygens (including phenoxy) is 2. The lowest BCUT2D eigenvalue weighted by molar-refractivity contribution is -0.112. The minimum absolute atomic E-state index is 0.0201. The number of carbonyl (C=O) groups is 1. The lowest BCUT2D eigenvalue weighted by Crippen LogP contribution is -2.13.